The number of hydrogen-bond acceptors (Lipinski definition) is 6. The summed E-state index contributed by atoms with van der Waals surface area (Å²) < 4.78 is 0. The van der Waals surface area contributed by atoms with Crippen LogP contribution in [0, 0.1) is 22.7 Å². The van der Waals surface area contributed by atoms with E-state index in [2.05, 4.69) is 10.5 Å². The van der Waals surface area contributed by atoms with E-state index in [9.17, 15) is 25.2 Å². The molecule has 0 aromatic heterocycles. The molecule has 0 spiro atoms. The molecular weight excluding hydrogens is 475 g/mol. The molecule has 1 amide bonds. The van der Waals surface area contributed by atoms with Crippen molar-refractivity contribution in [3.05, 3.63) is 99.5 Å². The molecule has 168 valence electrons. The van der Waals surface area contributed by atoms with Gasteiger partial charge in [0.1, 0.15) is 23.3 Å². The Hall–Kier alpha value is -4.17. The van der Waals surface area contributed by atoms with Gasteiger partial charge in [0, 0.05) is 10.0 Å². The Bertz CT molecular complexity index is 1320. The summed E-state index contributed by atoms with van der Waals surface area (Å²) in [6.45, 7) is 0. The lowest BCUT2D eigenvalue weighted by atomic mass is 9.86. The van der Waals surface area contributed by atoms with Crippen molar-refractivity contribution in [1.82, 2.24) is 5.43 Å². The molecule has 0 aliphatic carbocycles. The fraction of sp³-hybridized carbons (Fsp3) is 0.0800. The van der Waals surface area contributed by atoms with E-state index in [1.54, 1.807) is 36.4 Å². The molecule has 2 atom stereocenters. The van der Waals surface area contributed by atoms with Crippen LogP contribution in [-0.2, 0) is 4.79 Å². The van der Waals surface area contributed by atoms with Gasteiger partial charge in [-0.25, -0.2) is 5.43 Å². The van der Waals surface area contributed by atoms with Crippen molar-refractivity contribution < 1.29 is 14.7 Å². The van der Waals surface area contributed by atoms with Crippen LogP contribution >= 0.6 is 23.2 Å². The van der Waals surface area contributed by atoms with Crippen LogP contribution < -0.4 is 5.43 Å². The van der Waals surface area contributed by atoms with Crippen molar-refractivity contribution in [3.63, 3.8) is 0 Å². The molecule has 2 N–H and O–H groups in total. The van der Waals surface area contributed by atoms with E-state index in [1.165, 1.54) is 36.4 Å². The highest BCUT2D eigenvalue weighted by Gasteiger charge is 2.32. The minimum Gasteiger partial charge on any atom is -0.507 e. The number of rotatable bonds is 7. The molecule has 3 aromatic carbocycles. The highest BCUT2D eigenvalue weighted by atomic mass is 35.5. The topological polar surface area (TPSA) is 126 Å². The number of amides is 1. The SMILES string of the molecule is N#CC(C(=O)/C(=N/NC(=O)c1ccccc1O)C(C#N)c1ccc(Cl)cc1)c1ccc(Cl)cc1. The zero-order chi connectivity index (χ0) is 24.7. The number of nitrogens with one attached hydrogen (secondary N) is 1. The lowest BCUT2D eigenvalue weighted by molar-refractivity contribution is -0.113. The fourth-order valence-corrected chi connectivity index (χ4v) is 3.39. The minimum absolute atomic E-state index is 0.0763. The van der Waals surface area contributed by atoms with E-state index < -0.39 is 23.5 Å². The summed E-state index contributed by atoms with van der Waals surface area (Å²) in [6, 6.07) is 22.0. The first-order chi connectivity index (χ1) is 16.3. The van der Waals surface area contributed by atoms with Gasteiger partial charge in [-0.1, -0.05) is 59.6 Å². The number of carbonyl (C=O) groups is 2. The average Bonchev–Trinajstić information content (AvgIpc) is 2.84. The fourth-order valence-electron chi connectivity index (χ4n) is 3.14. The quantitative estimate of drug-likeness (QED) is 0.357. The molecule has 0 aliphatic heterocycles. The predicted octanol–water partition coefficient (Wildman–Crippen LogP) is 4.97. The first-order valence-corrected chi connectivity index (χ1v) is 10.6. The maximum Gasteiger partial charge on any atom is 0.275 e. The Labute approximate surface area is 205 Å². The van der Waals surface area contributed by atoms with Crippen LogP contribution in [0.2, 0.25) is 10.0 Å². The molecule has 9 heteroatoms. The van der Waals surface area contributed by atoms with Crippen molar-refractivity contribution in [2.75, 3.05) is 0 Å². The van der Waals surface area contributed by atoms with Crippen LogP contribution in [0.3, 0.4) is 0 Å². The Morgan fingerprint density at radius 3 is 1.82 bits per heavy atom. The summed E-state index contributed by atoms with van der Waals surface area (Å²) in [5.74, 6) is -4.37. The second-order valence-corrected chi connectivity index (χ2v) is 7.92. The van der Waals surface area contributed by atoms with E-state index in [4.69, 9.17) is 23.2 Å². The number of hydrazone groups is 1. The summed E-state index contributed by atoms with van der Waals surface area (Å²) in [5, 5.41) is 34.3. The second-order valence-electron chi connectivity index (χ2n) is 7.05. The number of para-hydroxylation sites is 1. The van der Waals surface area contributed by atoms with Gasteiger partial charge in [0.05, 0.1) is 17.7 Å². The van der Waals surface area contributed by atoms with Gasteiger partial charge >= 0.3 is 0 Å². The zero-order valence-electron chi connectivity index (χ0n) is 17.4. The number of halogens is 2. The number of benzene rings is 3. The number of hydrogen-bond donors (Lipinski definition) is 2. The third-order valence-corrected chi connectivity index (χ3v) is 5.38. The number of aromatic hydroxyl groups is 1. The van der Waals surface area contributed by atoms with Crippen LogP contribution in [0.25, 0.3) is 0 Å². The van der Waals surface area contributed by atoms with Crippen LogP contribution in [0.15, 0.2) is 77.9 Å². The maximum absolute atomic E-state index is 13.5. The molecule has 0 radical (unpaired) electrons. The van der Waals surface area contributed by atoms with Gasteiger partial charge in [-0.3, -0.25) is 9.59 Å². The van der Waals surface area contributed by atoms with Crippen LogP contribution in [0.4, 0.5) is 0 Å². The molecule has 0 saturated carbocycles. The Morgan fingerprint density at radius 1 is 0.824 bits per heavy atom. The van der Waals surface area contributed by atoms with E-state index in [-0.39, 0.29) is 17.0 Å². The van der Waals surface area contributed by atoms with Gasteiger partial charge < -0.3 is 5.11 Å². The van der Waals surface area contributed by atoms with Crippen molar-refractivity contribution in [2.45, 2.75) is 11.8 Å². The molecular formula is C25H16Cl2N4O3. The normalized spacial score (nSPS) is 12.6. The van der Waals surface area contributed by atoms with Crippen molar-refractivity contribution in [2.24, 2.45) is 5.10 Å². The Kier molecular flexibility index (Phi) is 8.00. The van der Waals surface area contributed by atoms with Crippen LogP contribution in [0.5, 0.6) is 5.75 Å². The Balaban J connectivity index is 2.04. The monoisotopic (exact) mass is 490 g/mol. The van der Waals surface area contributed by atoms with Gasteiger partial charge in [-0.2, -0.15) is 15.6 Å². The summed E-state index contributed by atoms with van der Waals surface area (Å²) in [5.41, 5.74) is 2.53. The van der Waals surface area contributed by atoms with Gasteiger partial charge in [-0.05, 0) is 47.5 Å². The lowest BCUT2D eigenvalue weighted by Gasteiger charge is -2.16. The zero-order valence-corrected chi connectivity index (χ0v) is 19.0. The third kappa shape index (κ3) is 5.60. The maximum atomic E-state index is 13.5. The van der Waals surface area contributed by atoms with Gasteiger partial charge in [-0.15, -0.1) is 0 Å². The standard InChI is InChI=1S/C25H16Cl2N4O3/c26-17-9-5-15(6-10-17)20(13-28)23(30-31-25(34)19-3-1-2-4-22(19)32)24(33)21(14-29)16-7-11-18(27)12-8-16/h1-12,20-21,32H,(H,31,34)/b30-23+. The third-order valence-electron chi connectivity index (χ3n) is 4.88. The summed E-state index contributed by atoms with van der Waals surface area (Å²) in [4.78, 5) is 26.0. The average molecular weight is 491 g/mol. The van der Waals surface area contributed by atoms with E-state index in [0.29, 0.717) is 21.2 Å². The lowest BCUT2D eigenvalue weighted by Crippen LogP contribution is -2.31. The van der Waals surface area contributed by atoms with Gasteiger partial charge in [0.25, 0.3) is 5.91 Å². The highest BCUT2D eigenvalue weighted by molar-refractivity contribution is 6.45. The van der Waals surface area contributed by atoms with Crippen molar-refractivity contribution in [3.8, 4) is 17.9 Å². The van der Waals surface area contributed by atoms with Gasteiger partial charge in [0.15, 0.2) is 0 Å². The number of phenols is 1. The molecule has 34 heavy (non-hydrogen) atoms. The summed E-state index contributed by atoms with van der Waals surface area (Å²) >= 11 is 11.8. The smallest absolute Gasteiger partial charge is 0.275 e. The van der Waals surface area contributed by atoms with Crippen molar-refractivity contribution in [1.29, 1.82) is 10.5 Å². The number of nitriles is 2. The molecule has 2 unspecified atom stereocenters. The first-order valence-electron chi connectivity index (χ1n) is 9.86. The largest absolute Gasteiger partial charge is 0.507 e. The minimum atomic E-state index is -1.30. The molecule has 3 aromatic rings. The number of Topliss-reactive ketones (excluding diaryl/α,β-unsaturated/α-hetero) is 1. The summed E-state index contributed by atoms with van der Waals surface area (Å²) in [7, 11) is 0. The van der Waals surface area contributed by atoms with Crippen LogP contribution in [0.1, 0.15) is 33.3 Å². The van der Waals surface area contributed by atoms with E-state index >= 15 is 0 Å². The van der Waals surface area contributed by atoms with E-state index in [1.807, 2.05) is 12.1 Å². The van der Waals surface area contributed by atoms with Gasteiger partial charge in [0.2, 0.25) is 5.78 Å². The van der Waals surface area contributed by atoms with E-state index in [0.717, 1.165) is 0 Å². The number of nitrogens with zero attached hydrogens (tertiary/aromatic N) is 3. The molecule has 7 nitrogen and oxygen atoms in total. The van der Waals surface area contributed by atoms with Crippen LogP contribution in [-0.4, -0.2) is 22.5 Å². The summed E-state index contributed by atoms with van der Waals surface area (Å²) in [6.07, 6.45) is 0. The molecule has 0 fully saturated rings. The molecule has 0 heterocycles. The number of carbonyl (C=O) groups excluding carboxylic acids is 2. The Morgan fingerprint density at radius 2 is 1.32 bits per heavy atom. The highest BCUT2D eigenvalue weighted by Crippen LogP contribution is 2.26. The molecule has 3 rings (SSSR count). The number of phenolic OH excluding ortho intramolecular Hbond substituents is 1. The number of ketones is 1. The molecule has 0 aliphatic rings. The molecule has 0 saturated heterocycles. The first kappa shape index (κ1) is 24.5. The second kappa shape index (κ2) is 11.1. The predicted molar refractivity (Wildman–Crippen MR) is 128 cm³/mol. The molecule has 0 bridgehead atoms. The van der Waals surface area contributed by atoms with Crippen molar-refractivity contribution >= 4 is 40.6 Å².